The Morgan fingerprint density at radius 3 is 2.31 bits per heavy atom. The van der Waals surface area contributed by atoms with E-state index in [1.54, 1.807) is 46.7 Å². The predicted molar refractivity (Wildman–Crippen MR) is 288 cm³/mol. The van der Waals surface area contributed by atoms with Crippen molar-refractivity contribution < 1.29 is 33.8 Å². The van der Waals surface area contributed by atoms with Crippen LogP contribution in [0.4, 0.5) is 5.82 Å². The first kappa shape index (κ1) is 53.3. The number of β-amino-alcohol motifs (C(OH)–C–C–N with tert-alkyl or cyclic N) is 1. The van der Waals surface area contributed by atoms with Crippen molar-refractivity contribution in [2.75, 3.05) is 50.8 Å². The van der Waals surface area contributed by atoms with Crippen LogP contribution in [0.5, 0.6) is 11.5 Å². The molecule has 4 atom stereocenters. The highest BCUT2D eigenvalue weighted by atomic mass is 35.5. The maximum atomic E-state index is 14.5. The van der Waals surface area contributed by atoms with Gasteiger partial charge in [-0.05, 0) is 72.9 Å². The van der Waals surface area contributed by atoms with Crippen LogP contribution in [0.1, 0.15) is 104 Å². The Bertz CT molecular complexity index is 2970. The Balaban J connectivity index is 0.734. The summed E-state index contributed by atoms with van der Waals surface area (Å²) >= 11 is 7.85. The molecule has 3 N–H and O–H groups in total. The minimum Gasteiger partial charge on any atom is -0.492 e. The number of aliphatic hydroxyl groups excluding tert-OH is 1. The number of thiazole rings is 1. The number of ether oxygens (including phenoxy) is 2. The van der Waals surface area contributed by atoms with Crippen LogP contribution < -0.4 is 25.0 Å². The molecule has 9 rings (SSSR count). The number of piperazine rings is 1. The Kier molecular flexibility index (Phi) is 15.3. The molecule has 0 radical (unpaired) electrons. The van der Waals surface area contributed by atoms with Gasteiger partial charge in [0, 0.05) is 86.9 Å². The number of rotatable bonds is 16. The predicted octanol–water partition coefficient (Wildman–Crippen LogP) is 7.67. The van der Waals surface area contributed by atoms with Crippen molar-refractivity contribution in [2.24, 2.45) is 16.7 Å². The molecule has 3 fully saturated rings. The third-order valence-electron chi connectivity index (χ3n) is 15.6. The Morgan fingerprint density at radius 2 is 1.67 bits per heavy atom. The van der Waals surface area contributed by atoms with E-state index in [2.05, 4.69) is 64.2 Å². The number of anilines is 1. The van der Waals surface area contributed by atoms with Gasteiger partial charge in [0.1, 0.15) is 48.2 Å². The van der Waals surface area contributed by atoms with Gasteiger partial charge in [-0.25, -0.2) is 9.97 Å². The molecule has 0 spiro atoms. The van der Waals surface area contributed by atoms with Gasteiger partial charge in [0.25, 0.3) is 11.8 Å². The Hall–Kier alpha value is -6.58. The van der Waals surface area contributed by atoms with Gasteiger partial charge in [0.15, 0.2) is 0 Å². The molecular formula is C57H66ClN9O7S. The lowest BCUT2D eigenvalue weighted by Gasteiger charge is -2.63. The summed E-state index contributed by atoms with van der Waals surface area (Å²) in [7, 11) is 0. The highest BCUT2D eigenvalue weighted by molar-refractivity contribution is 7.13. The van der Waals surface area contributed by atoms with E-state index in [9.17, 15) is 29.5 Å². The molecule has 3 aromatic carbocycles. The maximum Gasteiger partial charge on any atom is 0.255 e. The monoisotopic (exact) mass is 1060 g/mol. The molecule has 75 heavy (non-hydrogen) atoms. The first-order valence-corrected chi connectivity index (χ1v) is 27.0. The number of nitrogens with one attached hydrogen (secondary N) is 2. The van der Waals surface area contributed by atoms with Crippen molar-refractivity contribution in [3.05, 3.63) is 123 Å². The summed E-state index contributed by atoms with van der Waals surface area (Å²) in [6.45, 7) is 20.3. The highest BCUT2D eigenvalue weighted by Crippen LogP contribution is 2.55. The number of nitriles is 1. The summed E-state index contributed by atoms with van der Waals surface area (Å²) in [4.78, 5) is 73.7. The minimum atomic E-state index is -0.887. The maximum absolute atomic E-state index is 14.5. The van der Waals surface area contributed by atoms with Crippen LogP contribution >= 0.6 is 22.9 Å². The van der Waals surface area contributed by atoms with Gasteiger partial charge >= 0.3 is 0 Å². The van der Waals surface area contributed by atoms with E-state index >= 15 is 0 Å². The van der Waals surface area contributed by atoms with Crippen LogP contribution in [0.2, 0.25) is 5.02 Å². The third kappa shape index (κ3) is 10.8. The summed E-state index contributed by atoms with van der Waals surface area (Å²) < 4.78 is 12.6. The van der Waals surface area contributed by atoms with Crippen LogP contribution in [0.15, 0.2) is 84.5 Å². The number of pyridine rings is 1. The van der Waals surface area contributed by atoms with Crippen molar-refractivity contribution >= 4 is 52.4 Å². The number of aliphatic hydroxyl groups is 1. The fourth-order valence-corrected chi connectivity index (χ4v) is 12.8. The summed E-state index contributed by atoms with van der Waals surface area (Å²) in [6, 6.07) is 22.0. The second-order valence-electron chi connectivity index (χ2n) is 21.8. The molecule has 2 aromatic heterocycles. The number of aromatic nitrogens is 2. The number of aryl methyl sites for hydroxylation is 1. The van der Waals surface area contributed by atoms with E-state index in [-0.39, 0.29) is 67.2 Å². The molecule has 1 unspecified atom stereocenters. The molecule has 0 bridgehead atoms. The van der Waals surface area contributed by atoms with Gasteiger partial charge in [-0.2, -0.15) is 5.26 Å². The molecule has 5 heterocycles. The van der Waals surface area contributed by atoms with Crippen molar-refractivity contribution in [3.63, 3.8) is 0 Å². The molecule has 1 saturated carbocycles. The topological polar surface area (TPSA) is 194 Å². The lowest BCUT2D eigenvalue weighted by molar-refractivity contribution is -0.164. The van der Waals surface area contributed by atoms with Crippen molar-refractivity contribution in [1.82, 2.24) is 35.3 Å². The van der Waals surface area contributed by atoms with Gasteiger partial charge in [0.05, 0.1) is 44.4 Å². The Morgan fingerprint density at radius 1 is 0.947 bits per heavy atom. The number of halogens is 1. The number of benzene rings is 3. The number of hydrogen-bond donors (Lipinski definition) is 3. The zero-order chi connectivity index (χ0) is 53.5. The molecule has 5 aromatic rings. The summed E-state index contributed by atoms with van der Waals surface area (Å²) in [5, 5.41) is 26.7. The molecule has 1 aliphatic carbocycles. The van der Waals surface area contributed by atoms with Crippen LogP contribution in [-0.4, -0.2) is 130 Å². The van der Waals surface area contributed by atoms with Crippen molar-refractivity contribution in [3.8, 4) is 28.0 Å². The number of carbonyl (C=O) groups excluding carboxylic acids is 4. The fourth-order valence-electron chi connectivity index (χ4n) is 11.8. The SMILES string of the molecule is Cc1ncsc1-c1ccc([C@H](C)NC(=O)[C@@H]2CC(O)CN2C(=O)[C@H](C(C)C)N2Cc3ccc(OCCN4CCN(c5ccc(C(=O)NC6C(C)(C)C(Oc7ccc(C#N)c(Cl)c7)C6(C)C)cn5)CC4)cc3C2=O)cc1. The summed E-state index contributed by atoms with van der Waals surface area (Å²) in [5.74, 6) is 0.486. The molecule has 4 amide bonds. The van der Waals surface area contributed by atoms with Gasteiger partial charge in [-0.15, -0.1) is 11.3 Å². The lowest BCUT2D eigenvalue weighted by Crippen LogP contribution is -2.74. The quantitative estimate of drug-likeness (QED) is 0.0875. The first-order chi connectivity index (χ1) is 35.7. The number of likely N-dealkylation sites (tertiary alicyclic amines) is 1. The summed E-state index contributed by atoms with van der Waals surface area (Å²) in [6.07, 6.45) is 0.644. The van der Waals surface area contributed by atoms with E-state index in [0.717, 1.165) is 59.3 Å². The fraction of sp³-hybridized carbons (Fsp3) is 0.456. The van der Waals surface area contributed by atoms with Crippen LogP contribution in [-0.2, 0) is 16.1 Å². The zero-order valence-corrected chi connectivity index (χ0v) is 45.4. The second-order valence-corrected chi connectivity index (χ2v) is 23.1. The molecule has 2 saturated heterocycles. The Labute approximate surface area is 448 Å². The smallest absolute Gasteiger partial charge is 0.255 e. The molecule has 16 nitrogen and oxygen atoms in total. The largest absolute Gasteiger partial charge is 0.492 e. The highest BCUT2D eigenvalue weighted by Gasteiger charge is 2.64. The second kappa shape index (κ2) is 21.6. The minimum absolute atomic E-state index is 0.00183. The number of hydrogen-bond acceptors (Lipinski definition) is 13. The summed E-state index contributed by atoms with van der Waals surface area (Å²) in [5.41, 5.74) is 6.09. The third-order valence-corrected chi connectivity index (χ3v) is 16.9. The number of nitrogens with zero attached hydrogens (tertiary/aromatic N) is 7. The van der Waals surface area contributed by atoms with Crippen LogP contribution in [0.3, 0.4) is 0 Å². The van der Waals surface area contributed by atoms with Gasteiger partial charge < -0.3 is 39.9 Å². The average molecular weight is 1060 g/mol. The van der Waals surface area contributed by atoms with Gasteiger partial charge in [0.2, 0.25) is 11.8 Å². The van der Waals surface area contributed by atoms with Gasteiger partial charge in [-0.1, -0.05) is 83.5 Å². The lowest BCUT2D eigenvalue weighted by atomic mass is 9.49. The molecule has 394 valence electrons. The number of fused-ring (bicyclic) bond motifs is 1. The van der Waals surface area contributed by atoms with Crippen molar-refractivity contribution in [1.29, 1.82) is 5.26 Å². The molecule has 4 aliphatic rings. The van der Waals surface area contributed by atoms with Crippen LogP contribution in [0.25, 0.3) is 10.4 Å². The molecule has 3 aliphatic heterocycles. The van der Waals surface area contributed by atoms with Crippen LogP contribution in [0, 0.1) is 35.0 Å². The zero-order valence-electron chi connectivity index (χ0n) is 43.8. The molecule has 18 heteroatoms. The number of carbonyl (C=O) groups is 4. The average Bonchev–Trinajstić information content (AvgIpc) is 4.10. The first-order valence-electron chi connectivity index (χ1n) is 25.7. The number of amides is 4. The van der Waals surface area contributed by atoms with E-state index in [4.69, 9.17) is 21.1 Å². The van der Waals surface area contributed by atoms with Gasteiger partial charge in [-0.3, -0.25) is 24.1 Å². The normalized spacial score (nSPS) is 21.7. The van der Waals surface area contributed by atoms with E-state index in [0.29, 0.717) is 46.4 Å². The molecular weight excluding hydrogens is 990 g/mol. The van der Waals surface area contributed by atoms with E-state index < -0.39 is 29.0 Å². The van der Waals surface area contributed by atoms with E-state index in [1.807, 2.05) is 81.7 Å². The van der Waals surface area contributed by atoms with E-state index in [1.165, 1.54) is 4.90 Å². The van der Waals surface area contributed by atoms with Crippen molar-refractivity contribution in [2.45, 2.75) is 105 Å². The standard InChI is InChI=1S/C57H66ClN9O7S/c1-33(2)48(53(72)66-31-41(68)25-46(66)51(70)62-34(3)36-9-11-37(12-10-36)49-35(4)61-32-75-49)67-30-40-14-16-42(26-44(40)52(67)71)73-24-23-64-19-21-65(22-20-64)47-18-15-39(29-60-47)50(69)63-54-56(5,6)55(57(54,7)8)74-43-17-13-38(28-59)45(58)27-43/h9-18,26-27,29,32-34,41,46,48,54-55,68H,19-25,30-31H2,1-8H3,(H,62,70)(H,63,69)/t34-,41?,46-,48-,54?,55?/m0/s1.